The summed E-state index contributed by atoms with van der Waals surface area (Å²) < 4.78 is 5.10. The molecule has 4 saturated carbocycles. The molecule has 0 radical (unpaired) electrons. The standard InChI is InChI=1S/C26H48As2/c1-5-13-23(14-6-1)27(24-15-7-2-8-16-24)21-22-28(25-17-9-3-10-18-25)26-19-11-4-12-20-26/h23-26H,1-22H2. The fraction of sp³-hybridized carbons (Fsp3) is 1.00. The van der Waals surface area contributed by atoms with E-state index < -0.39 is 29.3 Å². The van der Waals surface area contributed by atoms with Gasteiger partial charge in [0.15, 0.2) is 0 Å². The van der Waals surface area contributed by atoms with E-state index >= 15 is 0 Å². The summed E-state index contributed by atoms with van der Waals surface area (Å²) in [5, 5.41) is 3.66. The molecule has 28 heavy (non-hydrogen) atoms. The van der Waals surface area contributed by atoms with Gasteiger partial charge in [-0.3, -0.25) is 0 Å². The van der Waals surface area contributed by atoms with Crippen LogP contribution < -0.4 is 0 Å². The molecule has 0 aliphatic heterocycles. The van der Waals surface area contributed by atoms with Gasteiger partial charge >= 0.3 is 187 Å². The quantitative estimate of drug-likeness (QED) is 0.299. The Balaban J connectivity index is 1.41. The fourth-order valence-corrected chi connectivity index (χ4v) is 27.4. The van der Waals surface area contributed by atoms with Crippen molar-refractivity contribution in [2.75, 3.05) is 0 Å². The Bertz CT molecular complexity index is 336. The van der Waals surface area contributed by atoms with Crippen LogP contribution in [0.15, 0.2) is 0 Å². The Labute approximate surface area is 186 Å². The van der Waals surface area contributed by atoms with Crippen LogP contribution in [0.4, 0.5) is 0 Å². The van der Waals surface area contributed by atoms with Crippen LogP contribution in [0.3, 0.4) is 0 Å². The van der Waals surface area contributed by atoms with Crippen LogP contribution in [0.5, 0.6) is 0 Å². The van der Waals surface area contributed by atoms with Crippen molar-refractivity contribution >= 4 is 29.3 Å². The first-order chi connectivity index (χ1) is 13.9. The van der Waals surface area contributed by atoms with E-state index in [0.717, 1.165) is 0 Å². The van der Waals surface area contributed by atoms with Crippen LogP contribution in [0.1, 0.15) is 128 Å². The third kappa shape index (κ3) is 6.32. The van der Waals surface area contributed by atoms with E-state index in [9.17, 15) is 0 Å². The Kier molecular flexibility index (Phi) is 9.75. The molecule has 0 N–H and O–H groups in total. The van der Waals surface area contributed by atoms with Crippen LogP contribution >= 0.6 is 0 Å². The minimum atomic E-state index is -0.608. The molecule has 2 heteroatoms. The van der Waals surface area contributed by atoms with Crippen molar-refractivity contribution in [3.63, 3.8) is 0 Å². The summed E-state index contributed by atoms with van der Waals surface area (Å²) in [5.41, 5.74) is 0. The Morgan fingerprint density at radius 2 is 0.536 bits per heavy atom. The summed E-state index contributed by atoms with van der Waals surface area (Å²) in [6.07, 6.45) is 32.3. The Morgan fingerprint density at radius 1 is 0.321 bits per heavy atom. The second-order valence-corrected chi connectivity index (χ2v) is 23.0. The van der Waals surface area contributed by atoms with Crippen molar-refractivity contribution < 1.29 is 0 Å². The molecule has 0 aromatic rings. The van der Waals surface area contributed by atoms with Gasteiger partial charge < -0.3 is 0 Å². The van der Waals surface area contributed by atoms with E-state index in [1.807, 2.05) is 10.4 Å². The molecular weight excluding hydrogens is 462 g/mol. The van der Waals surface area contributed by atoms with Crippen LogP contribution in [-0.2, 0) is 0 Å². The topological polar surface area (TPSA) is 0 Å². The molecule has 0 nitrogen and oxygen atoms in total. The maximum absolute atomic E-state index is 1.83. The van der Waals surface area contributed by atoms with Gasteiger partial charge in [-0.1, -0.05) is 0 Å². The summed E-state index contributed by atoms with van der Waals surface area (Å²) in [5.74, 6) is 0. The van der Waals surface area contributed by atoms with Crippen LogP contribution in [0.25, 0.3) is 0 Å². The molecule has 0 bridgehead atoms. The Hall–Kier alpha value is 1.12. The molecule has 162 valence electrons. The maximum atomic E-state index is 1.83. The monoisotopic (exact) mass is 510 g/mol. The summed E-state index contributed by atoms with van der Waals surface area (Å²) in [6, 6.07) is 0. The molecule has 0 heterocycles. The van der Waals surface area contributed by atoms with E-state index in [1.54, 1.807) is 128 Å². The number of hydrogen-bond acceptors (Lipinski definition) is 0. The van der Waals surface area contributed by atoms with E-state index in [4.69, 9.17) is 0 Å². The van der Waals surface area contributed by atoms with Crippen molar-refractivity contribution in [1.82, 2.24) is 0 Å². The van der Waals surface area contributed by atoms with Gasteiger partial charge in [-0.2, -0.15) is 0 Å². The first-order valence-corrected chi connectivity index (χ1v) is 20.4. The van der Waals surface area contributed by atoms with Crippen molar-refractivity contribution in [1.29, 1.82) is 0 Å². The van der Waals surface area contributed by atoms with Crippen LogP contribution in [-0.4, -0.2) is 29.3 Å². The van der Waals surface area contributed by atoms with Crippen molar-refractivity contribution in [2.45, 2.75) is 158 Å². The Morgan fingerprint density at radius 3 is 0.750 bits per heavy atom. The predicted molar refractivity (Wildman–Crippen MR) is 128 cm³/mol. The summed E-state index contributed by atoms with van der Waals surface area (Å²) in [6.45, 7) is 0. The third-order valence-corrected chi connectivity index (χ3v) is 25.8. The summed E-state index contributed by atoms with van der Waals surface area (Å²) >= 11 is -1.22. The fourth-order valence-electron chi connectivity index (χ4n) is 7.21. The zero-order valence-corrected chi connectivity index (χ0v) is 22.5. The van der Waals surface area contributed by atoms with Gasteiger partial charge in [0.1, 0.15) is 0 Å². The van der Waals surface area contributed by atoms with Crippen LogP contribution in [0, 0.1) is 0 Å². The molecule has 0 atom stereocenters. The molecule has 0 aromatic heterocycles. The van der Waals surface area contributed by atoms with Gasteiger partial charge in [-0.05, 0) is 0 Å². The molecule has 0 amide bonds. The van der Waals surface area contributed by atoms with E-state index in [1.165, 1.54) is 18.8 Å². The zero-order chi connectivity index (χ0) is 19.0. The molecular formula is C26H48As2. The van der Waals surface area contributed by atoms with Crippen molar-refractivity contribution in [3.8, 4) is 0 Å². The molecule has 4 rings (SSSR count). The average Bonchev–Trinajstić information content (AvgIpc) is 2.79. The SMILES string of the molecule is C1CCC([As](CC[As](C2CCCCC2)C2CCCCC2)C2CCCCC2)CC1. The second kappa shape index (κ2) is 12.2. The van der Waals surface area contributed by atoms with Gasteiger partial charge in [0.25, 0.3) is 0 Å². The first kappa shape index (κ1) is 22.3. The average molecular weight is 511 g/mol. The first-order valence-electron chi connectivity index (χ1n) is 13.4. The van der Waals surface area contributed by atoms with Crippen LogP contribution in [0.2, 0.25) is 29.2 Å². The van der Waals surface area contributed by atoms with Gasteiger partial charge in [0.05, 0.1) is 0 Å². The van der Waals surface area contributed by atoms with E-state index in [0.29, 0.717) is 0 Å². The van der Waals surface area contributed by atoms with Gasteiger partial charge in [0.2, 0.25) is 0 Å². The third-order valence-electron chi connectivity index (χ3n) is 8.79. The zero-order valence-electron chi connectivity index (χ0n) is 18.8. The second-order valence-electron chi connectivity index (χ2n) is 10.6. The molecule has 0 spiro atoms. The normalized spacial score (nSPS) is 27.6. The van der Waals surface area contributed by atoms with Crippen molar-refractivity contribution in [3.05, 3.63) is 0 Å². The molecule has 4 aliphatic rings. The molecule has 0 aromatic carbocycles. The van der Waals surface area contributed by atoms with E-state index in [-0.39, 0.29) is 0 Å². The molecule has 4 fully saturated rings. The minimum absolute atomic E-state index is 0.608. The molecule has 4 aliphatic carbocycles. The summed E-state index contributed by atoms with van der Waals surface area (Å²) in [4.78, 5) is 0. The van der Waals surface area contributed by atoms with Gasteiger partial charge in [-0.15, -0.1) is 0 Å². The van der Waals surface area contributed by atoms with E-state index in [2.05, 4.69) is 0 Å². The molecule has 0 unspecified atom stereocenters. The predicted octanol–water partition coefficient (Wildman–Crippen LogP) is 9.31. The number of hydrogen-bond donors (Lipinski definition) is 0. The summed E-state index contributed by atoms with van der Waals surface area (Å²) in [7, 11) is 0. The van der Waals surface area contributed by atoms with Gasteiger partial charge in [-0.25, -0.2) is 0 Å². The molecule has 0 saturated heterocycles. The van der Waals surface area contributed by atoms with Crippen molar-refractivity contribution in [2.24, 2.45) is 0 Å². The number of rotatable bonds is 7. The van der Waals surface area contributed by atoms with Gasteiger partial charge in [0, 0.05) is 0 Å².